The molecule has 1 N–H and O–H groups in total. The van der Waals surface area contributed by atoms with Crippen LogP contribution in [0.5, 0.6) is 0 Å². The van der Waals surface area contributed by atoms with E-state index in [4.69, 9.17) is 0 Å². The van der Waals surface area contributed by atoms with Gasteiger partial charge in [-0.05, 0) is 19.3 Å². The van der Waals surface area contributed by atoms with Gasteiger partial charge in [0.05, 0.1) is 0 Å². The maximum absolute atomic E-state index is 10.5. The van der Waals surface area contributed by atoms with Gasteiger partial charge in [0.1, 0.15) is 0 Å². The molecule has 0 radical (unpaired) electrons. The molecule has 11 heavy (non-hydrogen) atoms. The highest BCUT2D eigenvalue weighted by atomic mass is 16.1. The molecule has 0 spiro atoms. The highest BCUT2D eigenvalue weighted by molar-refractivity contribution is 5.47. The van der Waals surface area contributed by atoms with E-state index < -0.39 is 0 Å². The molecule has 2 rings (SSSR count). The Morgan fingerprint density at radius 2 is 2.09 bits per heavy atom. The average molecular weight is 154 g/mol. The van der Waals surface area contributed by atoms with Gasteiger partial charge >= 0.3 is 0 Å². The quantitative estimate of drug-likeness (QED) is 0.538. The summed E-state index contributed by atoms with van der Waals surface area (Å²) in [4.78, 5) is 12.4. The molecule has 3 heteroatoms. The third kappa shape index (κ3) is 1.38. The first-order valence-corrected chi connectivity index (χ1v) is 4.34. The maximum atomic E-state index is 10.5. The first-order valence-electron chi connectivity index (χ1n) is 4.34. The highest BCUT2D eigenvalue weighted by Crippen LogP contribution is 2.19. The summed E-state index contributed by atoms with van der Waals surface area (Å²) in [7, 11) is 0. The van der Waals surface area contributed by atoms with Gasteiger partial charge in [0.25, 0.3) is 0 Å². The van der Waals surface area contributed by atoms with Crippen molar-refractivity contribution in [2.24, 2.45) is 0 Å². The second-order valence-corrected chi connectivity index (χ2v) is 3.53. The van der Waals surface area contributed by atoms with Crippen LogP contribution in [0.25, 0.3) is 0 Å². The van der Waals surface area contributed by atoms with Crippen molar-refractivity contribution in [3.63, 3.8) is 0 Å². The number of hydrogen-bond acceptors (Lipinski definition) is 2. The lowest BCUT2D eigenvalue weighted by molar-refractivity contribution is -0.118. The number of fused-ring (bicyclic) bond motifs is 2. The van der Waals surface area contributed by atoms with Crippen molar-refractivity contribution in [3.05, 3.63) is 0 Å². The number of amides is 1. The van der Waals surface area contributed by atoms with Crippen LogP contribution < -0.4 is 5.32 Å². The molecule has 2 heterocycles. The van der Waals surface area contributed by atoms with Gasteiger partial charge in [-0.25, -0.2) is 0 Å². The standard InChI is InChI=1S/C8H14N2O/c11-6-10-4-3-7-1-2-8(5-10)9-7/h6-9H,1-5H2. The summed E-state index contributed by atoms with van der Waals surface area (Å²) in [5.74, 6) is 0. The van der Waals surface area contributed by atoms with Gasteiger partial charge < -0.3 is 10.2 Å². The SMILES string of the molecule is O=CN1CCC2CCC(C1)N2. The Hall–Kier alpha value is -0.570. The molecule has 2 fully saturated rings. The summed E-state index contributed by atoms with van der Waals surface area (Å²) in [6, 6.07) is 1.26. The minimum atomic E-state index is 0.577. The Bertz CT molecular complexity index is 160. The lowest BCUT2D eigenvalue weighted by atomic mass is 10.1. The third-order valence-corrected chi connectivity index (χ3v) is 2.70. The van der Waals surface area contributed by atoms with Crippen LogP contribution in [0.3, 0.4) is 0 Å². The van der Waals surface area contributed by atoms with Gasteiger partial charge in [-0.3, -0.25) is 4.79 Å². The molecular formula is C8H14N2O. The fourth-order valence-electron chi connectivity index (χ4n) is 2.07. The first kappa shape index (κ1) is 7.10. The third-order valence-electron chi connectivity index (χ3n) is 2.70. The zero-order valence-corrected chi connectivity index (χ0v) is 6.62. The summed E-state index contributed by atoms with van der Waals surface area (Å²) in [6.45, 7) is 1.86. The number of rotatable bonds is 1. The van der Waals surface area contributed by atoms with E-state index in [2.05, 4.69) is 5.32 Å². The van der Waals surface area contributed by atoms with Gasteiger partial charge in [0.15, 0.2) is 0 Å². The van der Waals surface area contributed by atoms with Gasteiger partial charge in [-0.1, -0.05) is 0 Å². The molecule has 0 aromatic carbocycles. The van der Waals surface area contributed by atoms with E-state index >= 15 is 0 Å². The van der Waals surface area contributed by atoms with Crippen LogP contribution in [0.15, 0.2) is 0 Å². The van der Waals surface area contributed by atoms with Crippen molar-refractivity contribution in [1.82, 2.24) is 10.2 Å². The van der Waals surface area contributed by atoms with Crippen LogP contribution >= 0.6 is 0 Å². The normalized spacial score (nSPS) is 36.9. The number of nitrogens with one attached hydrogen (secondary N) is 1. The van der Waals surface area contributed by atoms with Gasteiger partial charge in [0, 0.05) is 25.2 Å². The Morgan fingerprint density at radius 1 is 1.27 bits per heavy atom. The van der Waals surface area contributed by atoms with Crippen molar-refractivity contribution in [2.45, 2.75) is 31.3 Å². The molecule has 3 nitrogen and oxygen atoms in total. The van der Waals surface area contributed by atoms with Crippen LogP contribution in [0, 0.1) is 0 Å². The monoisotopic (exact) mass is 154 g/mol. The zero-order chi connectivity index (χ0) is 7.68. The molecule has 2 unspecified atom stereocenters. The first-order chi connectivity index (χ1) is 5.38. The van der Waals surface area contributed by atoms with Crippen molar-refractivity contribution >= 4 is 6.41 Å². The maximum Gasteiger partial charge on any atom is 0.209 e. The van der Waals surface area contributed by atoms with Crippen LogP contribution in [-0.4, -0.2) is 36.5 Å². The van der Waals surface area contributed by atoms with E-state index in [-0.39, 0.29) is 0 Å². The average Bonchev–Trinajstić information content (AvgIpc) is 2.31. The predicted molar refractivity (Wildman–Crippen MR) is 42.2 cm³/mol. The smallest absolute Gasteiger partial charge is 0.209 e. The molecule has 2 aliphatic rings. The number of carbonyl (C=O) groups is 1. The Labute approximate surface area is 66.8 Å². The predicted octanol–water partition coefficient (Wildman–Crippen LogP) is -0.0309. The molecular weight excluding hydrogens is 140 g/mol. The van der Waals surface area contributed by atoms with Gasteiger partial charge in [0.2, 0.25) is 6.41 Å². The number of likely N-dealkylation sites (tertiary alicyclic amines) is 1. The van der Waals surface area contributed by atoms with Crippen molar-refractivity contribution in [3.8, 4) is 0 Å². The van der Waals surface area contributed by atoms with Crippen molar-refractivity contribution in [2.75, 3.05) is 13.1 Å². The minimum Gasteiger partial charge on any atom is -0.344 e. The van der Waals surface area contributed by atoms with E-state index in [1.807, 2.05) is 4.90 Å². The molecule has 2 atom stereocenters. The lowest BCUT2D eigenvalue weighted by Gasteiger charge is -2.18. The fraction of sp³-hybridized carbons (Fsp3) is 0.875. The molecule has 2 bridgehead atoms. The van der Waals surface area contributed by atoms with E-state index in [1.165, 1.54) is 12.8 Å². The van der Waals surface area contributed by atoms with Crippen LogP contribution in [0.2, 0.25) is 0 Å². The lowest BCUT2D eigenvalue weighted by Crippen LogP contribution is -2.34. The Kier molecular flexibility index (Phi) is 1.82. The van der Waals surface area contributed by atoms with E-state index in [0.29, 0.717) is 12.1 Å². The Balaban J connectivity index is 1.99. The van der Waals surface area contributed by atoms with E-state index in [1.54, 1.807) is 0 Å². The summed E-state index contributed by atoms with van der Waals surface area (Å²) < 4.78 is 0. The molecule has 0 aromatic rings. The number of nitrogens with zero attached hydrogens (tertiary/aromatic N) is 1. The minimum absolute atomic E-state index is 0.577. The molecule has 1 amide bonds. The fourth-order valence-corrected chi connectivity index (χ4v) is 2.07. The molecule has 0 aliphatic carbocycles. The van der Waals surface area contributed by atoms with E-state index in [0.717, 1.165) is 25.9 Å². The Morgan fingerprint density at radius 3 is 2.91 bits per heavy atom. The van der Waals surface area contributed by atoms with E-state index in [9.17, 15) is 4.79 Å². The summed E-state index contributed by atoms with van der Waals surface area (Å²) in [5.41, 5.74) is 0. The molecule has 0 saturated carbocycles. The largest absolute Gasteiger partial charge is 0.344 e. The summed E-state index contributed by atoms with van der Waals surface area (Å²) in [5, 5.41) is 3.52. The van der Waals surface area contributed by atoms with Gasteiger partial charge in [-0.15, -0.1) is 0 Å². The molecule has 2 saturated heterocycles. The summed E-state index contributed by atoms with van der Waals surface area (Å²) in [6.07, 6.45) is 4.66. The van der Waals surface area contributed by atoms with Crippen molar-refractivity contribution in [1.29, 1.82) is 0 Å². The highest BCUT2D eigenvalue weighted by Gasteiger charge is 2.28. The van der Waals surface area contributed by atoms with Crippen molar-refractivity contribution < 1.29 is 4.79 Å². The summed E-state index contributed by atoms with van der Waals surface area (Å²) >= 11 is 0. The van der Waals surface area contributed by atoms with Crippen LogP contribution in [0.4, 0.5) is 0 Å². The zero-order valence-electron chi connectivity index (χ0n) is 6.62. The van der Waals surface area contributed by atoms with Gasteiger partial charge in [-0.2, -0.15) is 0 Å². The van der Waals surface area contributed by atoms with Crippen LogP contribution in [0.1, 0.15) is 19.3 Å². The number of carbonyl (C=O) groups excluding carboxylic acids is 1. The van der Waals surface area contributed by atoms with Crippen LogP contribution in [-0.2, 0) is 4.79 Å². The topological polar surface area (TPSA) is 32.3 Å². The second kappa shape index (κ2) is 2.81. The molecule has 62 valence electrons. The molecule has 2 aliphatic heterocycles. The molecule has 0 aromatic heterocycles. The second-order valence-electron chi connectivity index (χ2n) is 3.53. The number of hydrogen-bond donors (Lipinski definition) is 1.